The van der Waals surface area contributed by atoms with Crippen molar-refractivity contribution in [3.8, 4) is 33.1 Å². The summed E-state index contributed by atoms with van der Waals surface area (Å²) < 4.78 is 1.20. The number of para-hydroxylation sites is 1. The molecule has 138 valence electrons. The van der Waals surface area contributed by atoms with Gasteiger partial charge in [0.05, 0.1) is 15.9 Å². The quantitative estimate of drug-likeness (QED) is 0.331. The molecule has 0 amide bonds. The van der Waals surface area contributed by atoms with Gasteiger partial charge in [-0.05, 0) is 53.3 Å². The van der Waals surface area contributed by atoms with Crippen LogP contribution in [0.2, 0.25) is 0 Å². The van der Waals surface area contributed by atoms with Crippen LogP contribution >= 0.6 is 11.3 Å². The van der Waals surface area contributed by atoms with Crippen LogP contribution in [-0.2, 0) is 12.8 Å². The number of rotatable bonds is 2. The SMILES string of the molecule is c1ccc(-c2cc(-c3nc4ccccc4s3)nc3c2CCc2ccccc2-3)cc1. The lowest BCUT2D eigenvalue weighted by atomic mass is 9.84. The van der Waals surface area contributed by atoms with Gasteiger partial charge >= 0.3 is 0 Å². The standard InChI is InChI=1S/C26H18N2S/c1-2-8-17(9-3-1)21-16-23(26-28-22-12-6-7-13-24(22)29-26)27-25-19-11-5-4-10-18(19)14-15-20(21)25/h1-13,16H,14-15H2. The first-order valence-electron chi connectivity index (χ1n) is 9.90. The number of aryl methyl sites for hydroxylation is 1. The van der Waals surface area contributed by atoms with Crippen LogP contribution in [0.4, 0.5) is 0 Å². The van der Waals surface area contributed by atoms with Gasteiger partial charge in [0.25, 0.3) is 0 Å². The number of nitrogens with zero attached hydrogens (tertiary/aromatic N) is 2. The molecule has 0 aliphatic heterocycles. The third-order valence-corrected chi connectivity index (χ3v) is 6.70. The second-order valence-corrected chi connectivity index (χ2v) is 8.42. The zero-order valence-electron chi connectivity index (χ0n) is 15.8. The predicted octanol–water partition coefficient (Wildman–Crippen LogP) is 6.79. The molecule has 1 aliphatic rings. The van der Waals surface area contributed by atoms with Crippen molar-refractivity contribution in [2.75, 3.05) is 0 Å². The summed E-state index contributed by atoms with van der Waals surface area (Å²) in [5.41, 5.74) is 9.62. The van der Waals surface area contributed by atoms with Crippen molar-refractivity contribution in [2.24, 2.45) is 0 Å². The van der Waals surface area contributed by atoms with E-state index < -0.39 is 0 Å². The highest BCUT2D eigenvalue weighted by Crippen LogP contribution is 2.40. The second-order valence-electron chi connectivity index (χ2n) is 7.39. The Bertz CT molecular complexity index is 1300. The number of fused-ring (bicyclic) bond motifs is 4. The molecular weight excluding hydrogens is 372 g/mol. The molecule has 2 heterocycles. The lowest BCUT2D eigenvalue weighted by Gasteiger charge is -2.22. The molecule has 6 rings (SSSR count). The summed E-state index contributed by atoms with van der Waals surface area (Å²) in [5.74, 6) is 0. The first kappa shape index (κ1) is 16.6. The van der Waals surface area contributed by atoms with Crippen molar-refractivity contribution in [1.82, 2.24) is 9.97 Å². The van der Waals surface area contributed by atoms with Gasteiger partial charge in [0.2, 0.25) is 0 Å². The van der Waals surface area contributed by atoms with E-state index in [1.54, 1.807) is 11.3 Å². The Balaban J connectivity index is 1.64. The van der Waals surface area contributed by atoms with Gasteiger partial charge in [-0.15, -0.1) is 11.3 Å². The molecule has 0 atom stereocenters. The summed E-state index contributed by atoms with van der Waals surface area (Å²) in [6.45, 7) is 0. The lowest BCUT2D eigenvalue weighted by Crippen LogP contribution is -2.08. The summed E-state index contributed by atoms with van der Waals surface area (Å²) in [6.07, 6.45) is 2.08. The van der Waals surface area contributed by atoms with Crippen LogP contribution in [0.1, 0.15) is 11.1 Å². The molecule has 0 fully saturated rings. The average molecular weight is 391 g/mol. The minimum absolute atomic E-state index is 0.959. The molecule has 3 aromatic carbocycles. The average Bonchev–Trinajstić information content (AvgIpc) is 3.23. The Kier molecular flexibility index (Phi) is 3.81. The Hall–Kier alpha value is -3.30. The maximum Gasteiger partial charge on any atom is 0.143 e. The molecule has 0 N–H and O–H groups in total. The largest absolute Gasteiger partial charge is 0.245 e. The van der Waals surface area contributed by atoms with E-state index in [4.69, 9.17) is 9.97 Å². The fourth-order valence-electron chi connectivity index (χ4n) is 4.24. The molecule has 3 heteroatoms. The predicted molar refractivity (Wildman–Crippen MR) is 121 cm³/mol. The van der Waals surface area contributed by atoms with Gasteiger partial charge < -0.3 is 0 Å². The lowest BCUT2D eigenvalue weighted by molar-refractivity contribution is 0.930. The highest BCUT2D eigenvalue weighted by Gasteiger charge is 2.23. The summed E-state index contributed by atoms with van der Waals surface area (Å²) in [7, 11) is 0. The van der Waals surface area contributed by atoms with Crippen molar-refractivity contribution in [1.29, 1.82) is 0 Å². The third-order valence-electron chi connectivity index (χ3n) is 5.64. The van der Waals surface area contributed by atoms with Crippen LogP contribution < -0.4 is 0 Å². The maximum absolute atomic E-state index is 5.15. The van der Waals surface area contributed by atoms with E-state index in [0.29, 0.717) is 0 Å². The summed E-state index contributed by atoms with van der Waals surface area (Å²) in [4.78, 5) is 10.0. The molecule has 2 aromatic heterocycles. The summed E-state index contributed by atoms with van der Waals surface area (Å²) in [6, 6.07) is 29.9. The van der Waals surface area contributed by atoms with Crippen molar-refractivity contribution in [3.63, 3.8) is 0 Å². The molecule has 5 aromatic rings. The first-order valence-corrected chi connectivity index (χ1v) is 10.7. The van der Waals surface area contributed by atoms with Gasteiger partial charge in [0.15, 0.2) is 0 Å². The van der Waals surface area contributed by atoms with E-state index in [-0.39, 0.29) is 0 Å². The number of hydrogen-bond acceptors (Lipinski definition) is 3. The van der Waals surface area contributed by atoms with Crippen molar-refractivity contribution >= 4 is 21.6 Å². The van der Waals surface area contributed by atoms with E-state index in [1.165, 1.54) is 32.5 Å². The molecular formula is C26H18N2S. The smallest absolute Gasteiger partial charge is 0.143 e. The molecule has 29 heavy (non-hydrogen) atoms. The van der Waals surface area contributed by atoms with E-state index in [2.05, 4.69) is 78.9 Å². The molecule has 0 bridgehead atoms. The Morgan fingerprint density at radius 1 is 0.690 bits per heavy atom. The molecule has 0 radical (unpaired) electrons. The monoisotopic (exact) mass is 390 g/mol. The normalized spacial score (nSPS) is 12.6. The maximum atomic E-state index is 5.15. The number of pyridine rings is 1. The van der Waals surface area contributed by atoms with Gasteiger partial charge in [-0.1, -0.05) is 66.7 Å². The van der Waals surface area contributed by atoms with Crippen LogP contribution in [0.3, 0.4) is 0 Å². The van der Waals surface area contributed by atoms with E-state index >= 15 is 0 Å². The Labute approximate surface area is 173 Å². The van der Waals surface area contributed by atoms with Gasteiger partial charge in [-0.25, -0.2) is 9.97 Å². The number of thiazole rings is 1. The molecule has 0 unspecified atom stereocenters. The van der Waals surface area contributed by atoms with Gasteiger partial charge in [-0.2, -0.15) is 0 Å². The fourth-order valence-corrected chi connectivity index (χ4v) is 5.17. The van der Waals surface area contributed by atoms with Crippen molar-refractivity contribution < 1.29 is 0 Å². The van der Waals surface area contributed by atoms with Gasteiger partial charge in [0.1, 0.15) is 10.7 Å². The van der Waals surface area contributed by atoms with Crippen LogP contribution in [0.25, 0.3) is 43.3 Å². The highest BCUT2D eigenvalue weighted by atomic mass is 32.1. The first-order chi connectivity index (χ1) is 14.4. The third kappa shape index (κ3) is 2.78. The van der Waals surface area contributed by atoms with Crippen LogP contribution in [0.5, 0.6) is 0 Å². The zero-order valence-corrected chi connectivity index (χ0v) is 16.6. The van der Waals surface area contributed by atoms with E-state index in [0.717, 1.165) is 34.8 Å². The minimum Gasteiger partial charge on any atom is -0.245 e. The molecule has 0 saturated carbocycles. The molecule has 1 aliphatic carbocycles. The topological polar surface area (TPSA) is 25.8 Å². The second kappa shape index (κ2) is 6.64. The van der Waals surface area contributed by atoms with Crippen molar-refractivity contribution in [3.05, 3.63) is 96.1 Å². The number of aromatic nitrogens is 2. The fraction of sp³-hybridized carbons (Fsp3) is 0.0769. The highest BCUT2D eigenvalue weighted by molar-refractivity contribution is 7.21. The van der Waals surface area contributed by atoms with E-state index in [1.807, 2.05) is 6.07 Å². The minimum atomic E-state index is 0.959. The van der Waals surface area contributed by atoms with Crippen LogP contribution in [0, 0.1) is 0 Å². The Morgan fingerprint density at radius 2 is 1.48 bits per heavy atom. The number of hydrogen-bond donors (Lipinski definition) is 0. The van der Waals surface area contributed by atoms with E-state index in [9.17, 15) is 0 Å². The molecule has 2 nitrogen and oxygen atoms in total. The molecule has 0 saturated heterocycles. The van der Waals surface area contributed by atoms with Gasteiger partial charge in [0, 0.05) is 5.56 Å². The van der Waals surface area contributed by atoms with Gasteiger partial charge in [-0.3, -0.25) is 0 Å². The van der Waals surface area contributed by atoms with Crippen molar-refractivity contribution in [2.45, 2.75) is 12.8 Å². The summed E-state index contributed by atoms with van der Waals surface area (Å²) in [5, 5.41) is 0.981. The number of benzene rings is 3. The van der Waals surface area contributed by atoms with Crippen LogP contribution in [-0.4, -0.2) is 9.97 Å². The summed E-state index contributed by atoms with van der Waals surface area (Å²) >= 11 is 1.71. The zero-order chi connectivity index (χ0) is 19.2. The van der Waals surface area contributed by atoms with Crippen LogP contribution in [0.15, 0.2) is 84.9 Å². The molecule has 0 spiro atoms. The Morgan fingerprint density at radius 3 is 2.38 bits per heavy atom.